The Bertz CT molecular complexity index is 349. The predicted octanol–water partition coefficient (Wildman–Crippen LogP) is 1.54. The number of amides is 2. The van der Waals surface area contributed by atoms with Crippen LogP contribution in [0.25, 0.3) is 0 Å². The zero-order valence-electron chi connectivity index (χ0n) is 9.32. The molecule has 0 radical (unpaired) electrons. The standard InChI is InChI=1S/C12H16N2O2/c1-2-13-11(15)8-9-12(16)14-10-6-4-3-5-7-10/h3-7H,2,8-9H2,1H3,(H,13,15)(H,14,16). The van der Waals surface area contributed by atoms with Crippen LogP contribution in [0, 0.1) is 0 Å². The highest BCUT2D eigenvalue weighted by atomic mass is 16.2. The van der Waals surface area contributed by atoms with Crippen molar-refractivity contribution in [3.8, 4) is 0 Å². The van der Waals surface area contributed by atoms with Crippen molar-refractivity contribution in [2.75, 3.05) is 11.9 Å². The highest BCUT2D eigenvalue weighted by molar-refractivity contribution is 5.93. The van der Waals surface area contributed by atoms with Crippen LogP contribution in [0.15, 0.2) is 30.3 Å². The van der Waals surface area contributed by atoms with Gasteiger partial charge in [-0.05, 0) is 19.1 Å². The first-order valence-electron chi connectivity index (χ1n) is 5.34. The fourth-order valence-electron chi connectivity index (χ4n) is 1.26. The zero-order chi connectivity index (χ0) is 11.8. The molecule has 0 atom stereocenters. The Labute approximate surface area is 95.0 Å². The fraction of sp³-hybridized carbons (Fsp3) is 0.333. The molecule has 4 heteroatoms. The average Bonchev–Trinajstić information content (AvgIpc) is 2.28. The molecule has 0 aliphatic heterocycles. The summed E-state index contributed by atoms with van der Waals surface area (Å²) < 4.78 is 0. The lowest BCUT2D eigenvalue weighted by atomic mass is 10.2. The number of rotatable bonds is 5. The molecule has 4 nitrogen and oxygen atoms in total. The summed E-state index contributed by atoms with van der Waals surface area (Å²) in [6.45, 7) is 2.45. The third-order valence-corrected chi connectivity index (χ3v) is 2.01. The van der Waals surface area contributed by atoms with Crippen molar-refractivity contribution in [1.29, 1.82) is 0 Å². The first-order valence-corrected chi connectivity index (χ1v) is 5.34. The molecule has 2 amide bonds. The van der Waals surface area contributed by atoms with Gasteiger partial charge in [-0.2, -0.15) is 0 Å². The summed E-state index contributed by atoms with van der Waals surface area (Å²) in [6, 6.07) is 9.19. The van der Waals surface area contributed by atoms with Gasteiger partial charge in [0.2, 0.25) is 11.8 Å². The maximum Gasteiger partial charge on any atom is 0.224 e. The fourth-order valence-corrected chi connectivity index (χ4v) is 1.26. The van der Waals surface area contributed by atoms with Crippen LogP contribution in [0.5, 0.6) is 0 Å². The van der Waals surface area contributed by atoms with E-state index < -0.39 is 0 Å². The summed E-state index contributed by atoms with van der Waals surface area (Å²) in [7, 11) is 0. The number of nitrogens with one attached hydrogen (secondary N) is 2. The number of benzene rings is 1. The van der Waals surface area contributed by atoms with E-state index in [2.05, 4.69) is 10.6 Å². The lowest BCUT2D eigenvalue weighted by molar-refractivity contribution is -0.124. The van der Waals surface area contributed by atoms with E-state index in [1.165, 1.54) is 0 Å². The van der Waals surface area contributed by atoms with Gasteiger partial charge in [0.05, 0.1) is 0 Å². The van der Waals surface area contributed by atoms with E-state index >= 15 is 0 Å². The molecule has 0 aliphatic rings. The number of carbonyl (C=O) groups is 2. The summed E-state index contributed by atoms with van der Waals surface area (Å²) in [5.74, 6) is -0.233. The topological polar surface area (TPSA) is 58.2 Å². The second-order valence-corrected chi connectivity index (χ2v) is 3.37. The van der Waals surface area contributed by atoms with Gasteiger partial charge in [0.1, 0.15) is 0 Å². The summed E-state index contributed by atoms with van der Waals surface area (Å²) >= 11 is 0. The number of anilines is 1. The molecule has 0 fully saturated rings. The molecule has 86 valence electrons. The minimum Gasteiger partial charge on any atom is -0.356 e. The molecule has 0 aromatic heterocycles. The van der Waals surface area contributed by atoms with Crippen molar-refractivity contribution < 1.29 is 9.59 Å². The Morgan fingerprint density at radius 3 is 2.31 bits per heavy atom. The van der Waals surface area contributed by atoms with E-state index in [9.17, 15) is 9.59 Å². The molecule has 1 aromatic carbocycles. The van der Waals surface area contributed by atoms with E-state index in [-0.39, 0.29) is 24.7 Å². The Hall–Kier alpha value is -1.84. The molecule has 0 heterocycles. The smallest absolute Gasteiger partial charge is 0.224 e. The number of carbonyl (C=O) groups excluding carboxylic acids is 2. The first-order chi connectivity index (χ1) is 7.72. The van der Waals surface area contributed by atoms with Gasteiger partial charge < -0.3 is 10.6 Å². The number of hydrogen-bond acceptors (Lipinski definition) is 2. The Morgan fingerprint density at radius 1 is 1.06 bits per heavy atom. The maximum absolute atomic E-state index is 11.4. The Balaban J connectivity index is 2.29. The molecule has 16 heavy (non-hydrogen) atoms. The van der Waals surface area contributed by atoms with Gasteiger partial charge in [-0.1, -0.05) is 18.2 Å². The van der Waals surface area contributed by atoms with E-state index in [0.29, 0.717) is 6.54 Å². The second kappa shape index (κ2) is 6.61. The van der Waals surface area contributed by atoms with Crippen LogP contribution in [0.1, 0.15) is 19.8 Å². The molecule has 0 saturated carbocycles. The lowest BCUT2D eigenvalue weighted by Gasteiger charge is -2.04. The van der Waals surface area contributed by atoms with E-state index in [4.69, 9.17) is 0 Å². The summed E-state index contributed by atoms with van der Waals surface area (Å²) in [5, 5.41) is 5.37. The molecule has 0 saturated heterocycles. The van der Waals surface area contributed by atoms with Crippen LogP contribution in [0.3, 0.4) is 0 Å². The quantitative estimate of drug-likeness (QED) is 0.790. The summed E-state index contributed by atoms with van der Waals surface area (Å²) in [5.41, 5.74) is 0.753. The van der Waals surface area contributed by atoms with Crippen LogP contribution in [0.2, 0.25) is 0 Å². The van der Waals surface area contributed by atoms with Crippen molar-refractivity contribution in [3.63, 3.8) is 0 Å². The predicted molar refractivity (Wildman–Crippen MR) is 63.0 cm³/mol. The molecular weight excluding hydrogens is 204 g/mol. The number of para-hydroxylation sites is 1. The molecule has 0 aliphatic carbocycles. The van der Waals surface area contributed by atoms with Crippen LogP contribution < -0.4 is 10.6 Å². The summed E-state index contributed by atoms with van der Waals surface area (Å²) in [4.78, 5) is 22.5. The second-order valence-electron chi connectivity index (χ2n) is 3.37. The average molecular weight is 220 g/mol. The van der Waals surface area contributed by atoms with Crippen molar-refractivity contribution >= 4 is 17.5 Å². The third-order valence-electron chi connectivity index (χ3n) is 2.01. The minimum absolute atomic E-state index is 0.0919. The Kier molecular flexibility index (Phi) is 5.05. The van der Waals surface area contributed by atoms with Crippen molar-refractivity contribution in [2.45, 2.75) is 19.8 Å². The van der Waals surface area contributed by atoms with Gasteiger partial charge in [-0.15, -0.1) is 0 Å². The van der Waals surface area contributed by atoms with Gasteiger partial charge >= 0.3 is 0 Å². The van der Waals surface area contributed by atoms with Crippen LogP contribution in [-0.4, -0.2) is 18.4 Å². The molecule has 0 spiro atoms. The van der Waals surface area contributed by atoms with E-state index in [0.717, 1.165) is 5.69 Å². The van der Waals surface area contributed by atoms with Gasteiger partial charge in [0, 0.05) is 25.1 Å². The first kappa shape index (κ1) is 12.2. The SMILES string of the molecule is CCNC(=O)CCC(=O)Nc1ccccc1. The van der Waals surface area contributed by atoms with Gasteiger partial charge in [0.15, 0.2) is 0 Å². The van der Waals surface area contributed by atoms with Crippen LogP contribution >= 0.6 is 0 Å². The van der Waals surface area contributed by atoms with Crippen molar-refractivity contribution in [1.82, 2.24) is 5.32 Å². The molecule has 2 N–H and O–H groups in total. The number of hydrogen-bond donors (Lipinski definition) is 2. The van der Waals surface area contributed by atoms with Crippen molar-refractivity contribution in [3.05, 3.63) is 30.3 Å². The largest absolute Gasteiger partial charge is 0.356 e. The molecule has 1 aromatic rings. The normalized spacial score (nSPS) is 9.56. The Morgan fingerprint density at radius 2 is 1.69 bits per heavy atom. The zero-order valence-corrected chi connectivity index (χ0v) is 9.32. The van der Waals surface area contributed by atoms with Gasteiger partial charge in [-0.3, -0.25) is 9.59 Å². The molecular formula is C12H16N2O2. The molecule has 1 rings (SSSR count). The van der Waals surface area contributed by atoms with E-state index in [1.54, 1.807) is 0 Å². The molecule has 0 bridgehead atoms. The highest BCUT2D eigenvalue weighted by Crippen LogP contribution is 2.05. The van der Waals surface area contributed by atoms with Gasteiger partial charge in [-0.25, -0.2) is 0 Å². The van der Waals surface area contributed by atoms with Crippen molar-refractivity contribution in [2.24, 2.45) is 0 Å². The maximum atomic E-state index is 11.4. The van der Waals surface area contributed by atoms with Crippen LogP contribution in [0.4, 0.5) is 5.69 Å². The summed E-state index contributed by atoms with van der Waals surface area (Å²) in [6.07, 6.45) is 0.438. The molecule has 0 unspecified atom stereocenters. The lowest BCUT2D eigenvalue weighted by Crippen LogP contribution is -2.24. The van der Waals surface area contributed by atoms with E-state index in [1.807, 2.05) is 37.3 Å². The van der Waals surface area contributed by atoms with Crippen LogP contribution in [-0.2, 0) is 9.59 Å². The highest BCUT2D eigenvalue weighted by Gasteiger charge is 2.05. The third kappa shape index (κ3) is 4.59. The van der Waals surface area contributed by atoms with Gasteiger partial charge in [0.25, 0.3) is 0 Å². The monoisotopic (exact) mass is 220 g/mol. The minimum atomic E-state index is -0.141.